The van der Waals surface area contributed by atoms with Crippen LogP contribution in [-0.4, -0.2) is 34.6 Å². The Bertz CT molecular complexity index is 1560. The number of sulfone groups is 1. The third kappa shape index (κ3) is 5.84. The maximum atomic E-state index is 14.6. The summed E-state index contributed by atoms with van der Waals surface area (Å²) in [7, 11) is 0.993. The molecule has 10 heteroatoms. The molecule has 1 heterocycles. The minimum Gasteiger partial charge on any atom is -0.496 e. The molecule has 0 fully saturated rings. The monoisotopic (exact) mass is 555 g/mol. The number of methoxy groups -OCH3 is 1. The average molecular weight is 556 g/mol. The van der Waals surface area contributed by atoms with Crippen LogP contribution in [0.1, 0.15) is 11.3 Å². The van der Waals surface area contributed by atoms with Crippen LogP contribution in [0, 0.1) is 12.7 Å². The molecule has 0 aliphatic rings. The number of hydrogen-bond donors (Lipinski definition) is 1. The van der Waals surface area contributed by atoms with Crippen LogP contribution in [0.3, 0.4) is 0 Å². The van der Waals surface area contributed by atoms with Gasteiger partial charge in [0.05, 0.1) is 28.4 Å². The second-order valence-corrected chi connectivity index (χ2v) is 11.0. The zero-order valence-electron chi connectivity index (χ0n) is 21.3. The number of aromatic nitrogens is 1. The molecule has 38 heavy (non-hydrogen) atoms. The SMILES string of the molecule is COc1ccccc1COc1ccc(S(=O)(=O)c2ccc(C)nc2Nc2cc(F)c(N(C)C)cc2Cl)cc1. The van der Waals surface area contributed by atoms with Crippen molar-refractivity contribution < 1.29 is 22.3 Å². The van der Waals surface area contributed by atoms with E-state index in [2.05, 4.69) is 10.3 Å². The van der Waals surface area contributed by atoms with Gasteiger partial charge in [-0.05, 0) is 55.5 Å². The summed E-state index contributed by atoms with van der Waals surface area (Å²) in [6, 6.07) is 19.3. The highest BCUT2D eigenvalue weighted by molar-refractivity contribution is 7.91. The van der Waals surface area contributed by atoms with Crippen molar-refractivity contribution in [2.45, 2.75) is 23.3 Å². The number of aryl methyl sites for hydroxylation is 1. The number of anilines is 3. The Morgan fingerprint density at radius 3 is 2.42 bits per heavy atom. The fraction of sp³-hybridized carbons (Fsp3) is 0.179. The zero-order chi connectivity index (χ0) is 27.4. The van der Waals surface area contributed by atoms with Gasteiger partial charge in [0.15, 0.2) is 0 Å². The van der Waals surface area contributed by atoms with Gasteiger partial charge >= 0.3 is 0 Å². The lowest BCUT2D eigenvalue weighted by molar-refractivity contribution is 0.296. The van der Waals surface area contributed by atoms with Crippen molar-refractivity contribution in [2.75, 3.05) is 31.4 Å². The van der Waals surface area contributed by atoms with E-state index >= 15 is 0 Å². The molecule has 3 aromatic carbocycles. The predicted molar refractivity (Wildman–Crippen MR) is 147 cm³/mol. The third-order valence-corrected chi connectivity index (χ3v) is 7.89. The Morgan fingerprint density at radius 1 is 1.03 bits per heavy atom. The normalized spacial score (nSPS) is 11.2. The van der Waals surface area contributed by atoms with Gasteiger partial charge in [0.25, 0.3) is 0 Å². The summed E-state index contributed by atoms with van der Waals surface area (Å²) in [5.74, 6) is 0.733. The molecule has 0 bridgehead atoms. The number of hydrogen-bond acceptors (Lipinski definition) is 7. The van der Waals surface area contributed by atoms with Crippen molar-refractivity contribution in [2.24, 2.45) is 0 Å². The molecule has 0 unspecified atom stereocenters. The molecule has 1 N–H and O–H groups in total. The Morgan fingerprint density at radius 2 is 1.74 bits per heavy atom. The maximum Gasteiger partial charge on any atom is 0.210 e. The average Bonchev–Trinajstić information content (AvgIpc) is 2.89. The lowest BCUT2D eigenvalue weighted by atomic mass is 10.2. The standard InChI is InChI=1S/C28H27ClFN3O4S/c1-18-9-14-27(28(31-18)32-24-16-23(30)25(33(2)3)15-22(24)29)38(34,35)21-12-10-20(11-13-21)37-17-19-7-5-6-8-26(19)36-4/h5-16H,17H2,1-4H3,(H,31,32). The molecule has 0 atom stereocenters. The maximum absolute atomic E-state index is 14.6. The number of halogens is 2. The molecule has 0 aliphatic heterocycles. The van der Waals surface area contributed by atoms with E-state index in [9.17, 15) is 12.8 Å². The molecule has 0 saturated heterocycles. The highest BCUT2D eigenvalue weighted by atomic mass is 35.5. The van der Waals surface area contributed by atoms with E-state index < -0.39 is 15.7 Å². The van der Waals surface area contributed by atoms with Crippen molar-refractivity contribution in [3.63, 3.8) is 0 Å². The molecule has 4 aromatic rings. The van der Waals surface area contributed by atoms with Gasteiger partial charge in [-0.25, -0.2) is 17.8 Å². The van der Waals surface area contributed by atoms with Crippen LogP contribution in [0.15, 0.2) is 82.6 Å². The van der Waals surface area contributed by atoms with Crippen molar-refractivity contribution in [3.05, 3.63) is 94.9 Å². The van der Waals surface area contributed by atoms with Crippen molar-refractivity contribution >= 4 is 38.6 Å². The highest BCUT2D eigenvalue weighted by Crippen LogP contribution is 2.35. The third-order valence-electron chi connectivity index (χ3n) is 5.78. The molecule has 0 radical (unpaired) electrons. The van der Waals surface area contributed by atoms with E-state index in [0.717, 1.165) is 5.56 Å². The van der Waals surface area contributed by atoms with Crippen LogP contribution in [0.2, 0.25) is 5.02 Å². The highest BCUT2D eigenvalue weighted by Gasteiger charge is 2.24. The minimum atomic E-state index is -3.99. The number of pyridine rings is 1. The van der Waals surface area contributed by atoms with Crippen LogP contribution >= 0.6 is 11.6 Å². The lowest BCUT2D eigenvalue weighted by Gasteiger charge is -2.17. The van der Waals surface area contributed by atoms with Crippen molar-refractivity contribution in [1.82, 2.24) is 4.98 Å². The molecule has 0 aliphatic carbocycles. The summed E-state index contributed by atoms with van der Waals surface area (Å²) >= 11 is 6.37. The summed E-state index contributed by atoms with van der Waals surface area (Å²) in [6.45, 7) is 1.99. The molecular weight excluding hydrogens is 529 g/mol. The van der Waals surface area contributed by atoms with Gasteiger partial charge in [-0.3, -0.25) is 0 Å². The fourth-order valence-electron chi connectivity index (χ4n) is 3.78. The first-order valence-corrected chi connectivity index (χ1v) is 13.5. The van der Waals surface area contributed by atoms with Gasteiger partial charge in [0.1, 0.15) is 34.6 Å². The van der Waals surface area contributed by atoms with Gasteiger partial charge in [-0.2, -0.15) is 0 Å². The largest absolute Gasteiger partial charge is 0.496 e. The fourth-order valence-corrected chi connectivity index (χ4v) is 5.33. The molecule has 0 saturated carbocycles. The second-order valence-electron chi connectivity index (χ2n) is 8.68. The molecule has 198 valence electrons. The number of para-hydroxylation sites is 1. The first-order valence-electron chi connectivity index (χ1n) is 11.6. The van der Waals surface area contributed by atoms with Gasteiger partial charge in [0, 0.05) is 31.4 Å². The summed E-state index contributed by atoms with van der Waals surface area (Å²) < 4.78 is 52.9. The Balaban J connectivity index is 1.60. The summed E-state index contributed by atoms with van der Waals surface area (Å²) in [4.78, 5) is 5.94. The molecular formula is C28H27ClFN3O4S. The molecule has 1 aromatic heterocycles. The van der Waals surface area contributed by atoms with Crippen molar-refractivity contribution in [1.29, 1.82) is 0 Å². The van der Waals surface area contributed by atoms with Gasteiger partial charge in [0.2, 0.25) is 9.84 Å². The lowest BCUT2D eigenvalue weighted by Crippen LogP contribution is -2.12. The van der Waals surface area contributed by atoms with Crippen LogP contribution in [0.4, 0.5) is 21.6 Å². The van der Waals surface area contributed by atoms with Crippen LogP contribution in [0.5, 0.6) is 11.5 Å². The van der Waals surface area contributed by atoms with Gasteiger partial charge in [-0.15, -0.1) is 0 Å². The van der Waals surface area contributed by atoms with Crippen LogP contribution in [-0.2, 0) is 16.4 Å². The molecule has 4 rings (SSSR count). The molecule has 0 spiro atoms. The van der Waals surface area contributed by atoms with E-state index in [4.69, 9.17) is 21.1 Å². The Kier molecular flexibility index (Phi) is 8.08. The Hall–Kier alpha value is -3.82. The summed E-state index contributed by atoms with van der Waals surface area (Å²) in [5.41, 5.74) is 1.94. The zero-order valence-corrected chi connectivity index (χ0v) is 22.9. The van der Waals surface area contributed by atoms with Gasteiger partial charge < -0.3 is 19.7 Å². The number of nitrogens with one attached hydrogen (secondary N) is 1. The summed E-state index contributed by atoms with van der Waals surface area (Å²) in [6.07, 6.45) is 0. The first kappa shape index (κ1) is 27.2. The summed E-state index contributed by atoms with van der Waals surface area (Å²) in [5, 5.41) is 3.13. The smallest absolute Gasteiger partial charge is 0.210 e. The van der Waals surface area contributed by atoms with E-state index in [1.807, 2.05) is 24.3 Å². The second kappa shape index (κ2) is 11.3. The molecule has 0 amide bonds. The minimum absolute atomic E-state index is 0.0420. The van der Waals surface area contributed by atoms with Crippen molar-refractivity contribution in [3.8, 4) is 11.5 Å². The first-order chi connectivity index (χ1) is 18.1. The number of rotatable bonds is 9. The van der Waals surface area contributed by atoms with Crippen LogP contribution < -0.4 is 19.7 Å². The van der Waals surface area contributed by atoms with Crippen LogP contribution in [0.25, 0.3) is 0 Å². The predicted octanol–water partition coefficient (Wildman–Crippen LogP) is 6.41. The van der Waals surface area contributed by atoms with E-state index in [-0.39, 0.29) is 32.9 Å². The quantitative estimate of drug-likeness (QED) is 0.255. The topological polar surface area (TPSA) is 80.8 Å². The molecule has 7 nitrogen and oxygen atoms in total. The number of benzene rings is 3. The van der Waals surface area contributed by atoms with E-state index in [0.29, 0.717) is 22.9 Å². The number of ether oxygens (including phenoxy) is 2. The van der Waals surface area contributed by atoms with E-state index in [1.54, 1.807) is 51.2 Å². The van der Waals surface area contributed by atoms with E-state index in [1.165, 1.54) is 30.3 Å². The van der Waals surface area contributed by atoms with Gasteiger partial charge in [-0.1, -0.05) is 29.8 Å². The number of nitrogens with zero attached hydrogens (tertiary/aromatic N) is 2. The Labute approximate surface area is 226 Å².